The number of hydrogen-bond acceptors (Lipinski definition) is 5. The lowest BCUT2D eigenvalue weighted by atomic mass is 10.1. The Kier molecular flexibility index (Phi) is 18.3. The lowest BCUT2D eigenvalue weighted by Crippen LogP contribution is -2.30. The Morgan fingerprint density at radius 3 is 2.32 bits per heavy atom. The number of amides is 1. The molecule has 8 nitrogen and oxygen atoms in total. The van der Waals surface area contributed by atoms with Crippen LogP contribution in [0.1, 0.15) is 140 Å². The van der Waals surface area contributed by atoms with E-state index in [1.54, 1.807) is 6.20 Å². The van der Waals surface area contributed by atoms with Gasteiger partial charge in [0.25, 0.3) is 0 Å². The third kappa shape index (κ3) is 13.4. The summed E-state index contributed by atoms with van der Waals surface area (Å²) in [6, 6.07) is 0.0948. The van der Waals surface area contributed by atoms with Crippen molar-refractivity contribution in [3.8, 4) is 0 Å². The number of carbonyl (C=O) groups excluding carboxylic acids is 1. The van der Waals surface area contributed by atoms with Gasteiger partial charge in [0.05, 0.1) is 17.9 Å². The van der Waals surface area contributed by atoms with Gasteiger partial charge in [-0.15, -0.1) is 17.5 Å². The summed E-state index contributed by atoms with van der Waals surface area (Å²) in [5, 5.41) is 11.8. The first-order valence-corrected chi connectivity index (χ1v) is 14.7. The number of nitrogen functional groups attached to an aromatic ring is 1. The molecule has 1 amide bonds. The molecule has 2 aromatic rings. The molecular formula is C29H52ClN7O. The molecule has 0 aliphatic heterocycles. The molecule has 38 heavy (non-hydrogen) atoms. The number of aromatic nitrogens is 5. The molecule has 2 unspecified atom stereocenters. The maximum absolute atomic E-state index is 12.4. The predicted molar refractivity (Wildman–Crippen MR) is 160 cm³/mol. The Bertz CT molecular complexity index is 895. The number of nitrogens with two attached hydrogens (primary N) is 1. The second-order valence-electron chi connectivity index (χ2n) is 10.3. The van der Waals surface area contributed by atoms with Crippen molar-refractivity contribution in [2.75, 3.05) is 12.3 Å². The smallest absolute Gasteiger partial charge is 0.220 e. The molecule has 0 bridgehead atoms. The zero-order chi connectivity index (χ0) is 26.7. The van der Waals surface area contributed by atoms with Crippen LogP contribution in [0.4, 0.5) is 5.95 Å². The SMILES string of the molecule is CCCCCCCC/C=C/CCCCCCC(=O)NCC(CCC)n1cc(C(C)c2cnc(N)[nH]2)nn1.Cl. The molecule has 2 aromatic heterocycles. The topological polar surface area (TPSA) is 115 Å². The highest BCUT2D eigenvalue weighted by atomic mass is 35.5. The standard InChI is InChI=1S/C29H51N7O.ClH/c1-4-6-7-8-9-10-11-12-13-14-15-16-17-18-20-28(37)31-21-25(19-5-2)36-23-27(34-35-36)24(3)26-22-32-29(30)33-26;/h12-13,22-25H,4-11,14-21H2,1-3H3,(H,31,37)(H3,30,32,33);1H/b13-12+;. The van der Waals surface area contributed by atoms with Crippen molar-refractivity contribution >= 4 is 24.3 Å². The van der Waals surface area contributed by atoms with Gasteiger partial charge >= 0.3 is 0 Å². The average molecular weight is 550 g/mol. The summed E-state index contributed by atoms with van der Waals surface area (Å²) in [6.45, 7) is 7.03. The quantitative estimate of drug-likeness (QED) is 0.112. The lowest BCUT2D eigenvalue weighted by molar-refractivity contribution is -0.121. The summed E-state index contributed by atoms with van der Waals surface area (Å²) in [5.74, 6) is 0.546. The fourth-order valence-corrected chi connectivity index (χ4v) is 4.56. The Labute approximate surface area is 236 Å². The van der Waals surface area contributed by atoms with E-state index in [0.29, 0.717) is 18.9 Å². The van der Waals surface area contributed by atoms with Gasteiger partial charge in [-0.3, -0.25) is 4.79 Å². The van der Waals surface area contributed by atoms with Crippen LogP contribution < -0.4 is 11.1 Å². The normalized spacial score (nSPS) is 12.9. The van der Waals surface area contributed by atoms with Crippen LogP contribution in [0.15, 0.2) is 24.5 Å². The Morgan fingerprint density at radius 1 is 1.03 bits per heavy atom. The summed E-state index contributed by atoms with van der Waals surface area (Å²) in [4.78, 5) is 19.5. The molecule has 2 atom stereocenters. The van der Waals surface area contributed by atoms with Crippen molar-refractivity contribution in [2.45, 2.75) is 129 Å². The fourth-order valence-electron chi connectivity index (χ4n) is 4.56. The number of aromatic amines is 1. The Balaban J connectivity index is 0.00000722. The van der Waals surface area contributed by atoms with Gasteiger partial charge < -0.3 is 16.0 Å². The number of allylic oxidation sites excluding steroid dienone is 2. The minimum absolute atomic E-state index is 0. The fraction of sp³-hybridized carbons (Fsp3) is 0.724. The molecule has 2 heterocycles. The summed E-state index contributed by atoms with van der Waals surface area (Å²) in [7, 11) is 0. The van der Waals surface area contributed by atoms with E-state index >= 15 is 0 Å². The van der Waals surface area contributed by atoms with Crippen molar-refractivity contribution in [1.82, 2.24) is 30.3 Å². The number of halogens is 1. The van der Waals surface area contributed by atoms with Gasteiger partial charge in [0.1, 0.15) is 0 Å². The van der Waals surface area contributed by atoms with Crippen LogP contribution >= 0.6 is 12.4 Å². The Morgan fingerprint density at radius 2 is 1.68 bits per heavy atom. The first kappa shape index (κ1) is 33.7. The van der Waals surface area contributed by atoms with Crippen molar-refractivity contribution in [2.24, 2.45) is 0 Å². The molecule has 0 aromatic carbocycles. The van der Waals surface area contributed by atoms with Crippen LogP contribution in [0, 0.1) is 0 Å². The monoisotopic (exact) mass is 549 g/mol. The summed E-state index contributed by atoms with van der Waals surface area (Å²) in [5.41, 5.74) is 7.47. The number of nitrogens with one attached hydrogen (secondary N) is 2. The predicted octanol–water partition coefficient (Wildman–Crippen LogP) is 7.26. The van der Waals surface area contributed by atoms with Gasteiger partial charge in [-0.05, 0) is 38.5 Å². The van der Waals surface area contributed by atoms with E-state index in [0.717, 1.165) is 43.5 Å². The molecule has 0 fully saturated rings. The molecule has 0 saturated carbocycles. The van der Waals surface area contributed by atoms with Crippen LogP contribution in [-0.4, -0.2) is 37.4 Å². The zero-order valence-corrected chi connectivity index (χ0v) is 24.8. The van der Waals surface area contributed by atoms with Crippen LogP contribution in [-0.2, 0) is 4.79 Å². The molecule has 0 spiro atoms. The number of rotatable bonds is 21. The number of carbonyl (C=O) groups is 1. The molecule has 0 radical (unpaired) electrons. The van der Waals surface area contributed by atoms with Crippen molar-refractivity contribution in [1.29, 1.82) is 0 Å². The van der Waals surface area contributed by atoms with E-state index in [1.165, 1.54) is 57.8 Å². The summed E-state index contributed by atoms with van der Waals surface area (Å²) in [6.07, 6.45) is 25.9. The number of imidazole rings is 1. The van der Waals surface area contributed by atoms with Gasteiger partial charge in [0, 0.05) is 30.8 Å². The number of anilines is 1. The van der Waals surface area contributed by atoms with Crippen molar-refractivity contribution in [3.05, 3.63) is 35.9 Å². The molecular weight excluding hydrogens is 498 g/mol. The van der Waals surface area contributed by atoms with Crippen molar-refractivity contribution in [3.63, 3.8) is 0 Å². The van der Waals surface area contributed by atoms with Gasteiger partial charge in [0.2, 0.25) is 5.91 Å². The maximum atomic E-state index is 12.4. The average Bonchev–Trinajstić information content (AvgIpc) is 3.56. The highest BCUT2D eigenvalue weighted by Crippen LogP contribution is 2.22. The van der Waals surface area contributed by atoms with Gasteiger partial charge in [-0.2, -0.15) is 0 Å². The highest BCUT2D eigenvalue weighted by Gasteiger charge is 2.18. The number of H-pyrrole nitrogens is 1. The van der Waals surface area contributed by atoms with Crippen LogP contribution in [0.3, 0.4) is 0 Å². The molecule has 2 rings (SSSR count). The van der Waals surface area contributed by atoms with E-state index in [9.17, 15) is 4.79 Å². The second kappa shape index (κ2) is 20.6. The third-order valence-electron chi connectivity index (χ3n) is 7.00. The van der Waals surface area contributed by atoms with Crippen molar-refractivity contribution < 1.29 is 4.79 Å². The number of unbranched alkanes of at least 4 members (excludes halogenated alkanes) is 10. The van der Waals surface area contributed by atoms with Gasteiger partial charge in [-0.25, -0.2) is 9.67 Å². The first-order chi connectivity index (χ1) is 18.0. The number of hydrogen-bond donors (Lipinski definition) is 3. The number of nitrogens with zero attached hydrogens (tertiary/aromatic N) is 4. The summed E-state index contributed by atoms with van der Waals surface area (Å²) >= 11 is 0. The molecule has 0 saturated heterocycles. The molecule has 216 valence electrons. The minimum Gasteiger partial charge on any atom is -0.369 e. The third-order valence-corrected chi connectivity index (χ3v) is 7.00. The minimum atomic E-state index is 0. The van der Waals surface area contributed by atoms with E-state index in [4.69, 9.17) is 5.73 Å². The van der Waals surface area contributed by atoms with E-state index in [-0.39, 0.29) is 30.3 Å². The van der Waals surface area contributed by atoms with Crippen LogP contribution in [0.2, 0.25) is 0 Å². The van der Waals surface area contributed by atoms with Crippen LogP contribution in [0.5, 0.6) is 0 Å². The van der Waals surface area contributed by atoms with Gasteiger partial charge in [-0.1, -0.05) is 89.5 Å². The highest BCUT2D eigenvalue weighted by molar-refractivity contribution is 5.85. The van der Waals surface area contributed by atoms with E-state index in [2.05, 4.69) is 51.6 Å². The molecule has 4 N–H and O–H groups in total. The molecule has 0 aliphatic carbocycles. The van der Waals surface area contributed by atoms with Crippen LogP contribution in [0.25, 0.3) is 0 Å². The molecule has 9 heteroatoms. The lowest BCUT2D eigenvalue weighted by Gasteiger charge is -2.17. The second-order valence-corrected chi connectivity index (χ2v) is 10.3. The Hall–Kier alpha value is -2.35. The zero-order valence-electron chi connectivity index (χ0n) is 24.0. The summed E-state index contributed by atoms with van der Waals surface area (Å²) < 4.78 is 1.88. The van der Waals surface area contributed by atoms with Gasteiger partial charge in [0.15, 0.2) is 5.95 Å². The van der Waals surface area contributed by atoms with E-state index in [1.807, 2.05) is 17.8 Å². The molecule has 0 aliphatic rings. The maximum Gasteiger partial charge on any atom is 0.220 e. The van der Waals surface area contributed by atoms with E-state index < -0.39 is 0 Å². The first-order valence-electron chi connectivity index (χ1n) is 14.7. The largest absolute Gasteiger partial charge is 0.369 e.